The molecule has 0 aromatic rings. The molecule has 0 amide bonds. The maximum Gasteiger partial charge on any atom is 0.00924 e. The predicted molar refractivity (Wildman–Crippen MR) is 74.3 cm³/mol. The molecular formula is C15H30N2. The maximum atomic E-state index is 3.52. The molecule has 1 aliphatic heterocycles. The van der Waals surface area contributed by atoms with Gasteiger partial charge in [0.2, 0.25) is 0 Å². The highest BCUT2D eigenvalue weighted by atomic mass is 15.1. The molecule has 1 unspecified atom stereocenters. The van der Waals surface area contributed by atoms with Crippen molar-refractivity contribution in [3.05, 3.63) is 0 Å². The second-order valence-electron chi connectivity index (χ2n) is 6.65. The van der Waals surface area contributed by atoms with E-state index in [1.165, 1.54) is 71.0 Å². The molecule has 0 aromatic heterocycles. The third-order valence-corrected chi connectivity index (χ3v) is 4.79. The summed E-state index contributed by atoms with van der Waals surface area (Å²) in [5, 5.41) is 3.52. The Morgan fingerprint density at radius 2 is 1.76 bits per heavy atom. The van der Waals surface area contributed by atoms with E-state index >= 15 is 0 Å². The van der Waals surface area contributed by atoms with E-state index in [0.717, 1.165) is 6.04 Å². The Morgan fingerprint density at radius 1 is 1.12 bits per heavy atom. The highest BCUT2D eigenvalue weighted by Crippen LogP contribution is 2.28. The molecule has 1 N–H and O–H groups in total. The first-order valence-electron chi connectivity index (χ1n) is 7.61. The Balaban J connectivity index is 1.82. The van der Waals surface area contributed by atoms with Gasteiger partial charge in [0, 0.05) is 19.1 Å². The van der Waals surface area contributed by atoms with Crippen LogP contribution in [0.1, 0.15) is 58.3 Å². The molecule has 2 aliphatic rings. The van der Waals surface area contributed by atoms with Crippen molar-refractivity contribution >= 4 is 0 Å². The number of hydrogen-bond donors (Lipinski definition) is 1. The molecule has 0 aromatic carbocycles. The van der Waals surface area contributed by atoms with Gasteiger partial charge < -0.3 is 10.2 Å². The molecule has 1 atom stereocenters. The standard InChI is InChI=1S/C15H30N2/c1-15(10-11-16-12-15)13-17(2)14-8-6-4-3-5-7-9-14/h14,16H,3-13H2,1-2H3. The van der Waals surface area contributed by atoms with E-state index in [1.807, 2.05) is 0 Å². The summed E-state index contributed by atoms with van der Waals surface area (Å²) in [6.45, 7) is 6.16. The van der Waals surface area contributed by atoms with Gasteiger partial charge in [-0.25, -0.2) is 0 Å². The molecule has 2 nitrogen and oxygen atoms in total. The van der Waals surface area contributed by atoms with Crippen molar-refractivity contribution in [3.8, 4) is 0 Å². The Morgan fingerprint density at radius 3 is 2.35 bits per heavy atom. The average Bonchev–Trinajstić information content (AvgIpc) is 2.63. The van der Waals surface area contributed by atoms with Crippen molar-refractivity contribution in [2.75, 3.05) is 26.7 Å². The molecule has 2 fully saturated rings. The van der Waals surface area contributed by atoms with Crippen LogP contribution in [0.3, 0.4) is 0 Å². The van der Waals surface area contributed by atoms with Crippen molar-refractivity contribution in [1.82, 2.24) is 10.2 Å². The summed E-state index contributed by atoms with van der Waals surface area (Å²) in [7, 11) is 2.36. The van der Waals surface area contributed by atoms with Gasteiger partial charge in [0.05, 0.1) is 0 Å². The molecule has 0 spiro atoms. The SMILES string of the molecule is CN(CC1(C)CCNC1)C1CCCCCCC1. The van der Waals surface area contributed by atoms with Crippen molar-refractivity contribution in [2.24, 2.45) is 5.41 Å². The van der Waals surface area contributed by atoms with Gasteiger partial charge in [0.15, 0.2) is 0 Å². The molecule has 1 aliphatic carbocycles. The smallest absolute Gasteiger partial charge is 0.00924 e. The average molecular weight is 238 g/mol. The van der Waals surface area contributed by atoms with E-state index < -0.39 is 0 Å². The Labute approximate surface area is 107 Å². The minimum Gasteiger partial charge on any atom is -0.316 e. The molecule has 2 rings (SSSR count). The number of nitrogens with one attached hydrogen (secondary N) is 1. The van der Waals surface area contributed by atoms with Crippen molar-refractivity contribution in [3.63, 3.8) is 0 Å². The van der Waals surface area contributed by atoms with E-state index in [9.17, 15) is 0 Å². The number of nitrogens with zero attached hydrogens (tertiary/aromatic N) is 1. The lowest BCUT2D eigenvalue weighted by molar-refractivity contribution is 0.139. The van der Waals surface area contributed by atoms with Crippen LogP contribution in [0.4, 0.5) is 0 Å². The maximum absolute atomic E-state index is 3.52. The van der Waals surface area contributed by atoms with E-state index in [1.54, 1.807) is 0 Å². The first-order chi connectivity index (χ1) is 8.20. The van der Waals surface area contributed by atoms with Gasteiger partial charge in [-0.05, 0) is 38.3 Å². The van der Waals surface area contributed by atoms with Crippen molar-refractivity contribution < 1.29 is 0 Å². The first kappa shape index (κ1) is 13.4. The van der Waals surface area contributed by atoms with Gasteiger partial charge in [0.25, 0.3) is 0 Å². The zero-order valence-corrected chi connectivity index (χ0v) is 11.8. The lowest BCUT2D eigenvalue weighted by atomic mass is 9.87. The van der Waals surface area contributed by atoms with Crippen LogP contribution < -0.4 is 5.32 Å². The van der Waals surface area contributed by atoms with Crippen LogP contribution in [0, 0.1) is 5.41 Å². The van der Waals surface area contributed by atoms with Gasteiger partial charge in [-0.3, -0.25) is 0 Å². The largest absolute Gasteiger partial charge is 0.316 e. The molecule has 0 radical (unpaired) electrons. The highest BCUT2D eigenvalue weighted by Gasteiger charge is 2.31. The monoisotopic (exact) mass is 238 g/mol. The van der Waals surface area contributed by atoms with Crippen LogP contribution in [0.25, 0.3) is 0 Å². The van der Waals surface area contributed by atoms with Gasteiger partial charge in [-0.15, -0.1) is 0 Å². The summed E-state index contributed by atoms with van der Waals surface area (Å²) >= 11 is 0. The fourth-order valence-corrected chi connectivity index (χ4v) is 3.61. The van der Waals surface area contributed by atoms with Crippen LogP contribution in [0.2, 0.25) is 0 Å². The molecule has 1 heterocycles. The summed E-state index contributed by atoms with van der Waals surface area (Å²) in [6, 6.07) is 0.854. The molecular weight excluding hydrogens is 208 g/mol. The number of hydrogen-bond acceptors (Lipinski definition) is 2. The Hall–Kier alpha value is -0.0800. The van der Waals surface area contributed by atoms with Gasteiger partial charge in [-0.2, -0.15) is 0 Å². The minimum atomic E-state index is 0.525. The molecule has 2 heteroatoms. The molecule has 100 valence electrons. The van der Waals surface area contributed by atoms with E-state index in [0.29, 0.717) is 5.41 Å². The summed E-state index contributed by atoms with van der Waals surface area (Å²) in [5.41, 5.74) is 0.525. The summed E-state index contributed by atoms with van der Waals surface area (Å²) in [6.07, 6.45) is 11.5. The van der Waals surface area contributed by atoms with Crippen LogP contribution in [0.5, 0.6) is 0 Å². The fourth-order valence-electron chi connectivity index (χ4n) is 3.61. The molecule has 1 saturated heterocycles. The minimum absolute atomic E-state index is 0.525. The molecule has 17 heavy (non-hydrogen) atoms. The van der Waals surface area contributed by atoms with Gasteiger partial charge in [0.1, 0.15) is 0 Å². The van der Waals surface area contributed by atoms with E-state index in [-0.39, 0.29) is 0 Å². The highest BCUT2D eigenvalue weighted by molar-refractivity contribution is 4.87. The topological polar surface area (TPSA) is 15.3 Å². The van der Waals surface area contributed by atoms with E-state index in [4.69, 9.17) is 0 Å². The van der Waals surface area contributed by atoms with Crippen LogP contribution in [-0.2, 0) is 0 Å². The summed E-state index contributed by atoms with van der Waals surface area (Å²) in [4.78, 5) is 2.66. The van der Waals surface area contributed by atoms with Crippen molar-refractivity contribution in [1.29, 1.82) is 0 Å². The molecule has 1 saturated carbocycles. The third kappa shape index (κ3) is 3.96. The van der Waals surface area contributed by atoms with Crippen LogP contribution in [0.15, 0.2) is 0 Å². The normalized spacial score (nSPS) is 32.6. The Bertz CT molecular complexity index is 213. The molecule has 0 bridgehead atoms. The number of rotatable bonds is 3. The lowest BCUT2D eigenvalue weighted by Crippen LogP contribution is -2.41. The third-order valence-electron chi connectivity index (χ3n) is 4.79. The summed E-state index contributed by atoms with van der Waals surface area (Å²) in [5.74, 6) is 0. The van der Waals surface area contributed by atoms with E-state index in [2.05, 4.69) is 24.2 Å². The first-order valence-corrected chi connectivity index (χ1v) is 7.61. The van der Waals surface area contributed by atoms with Gasteiger partial charge >= 0.3 is 0 Å². The Kier molecular flexibility index (Phi) is 4.87. The predicted octanol–water partition coefficient (Wildman–Crippen LogP) is 3.03. The van der Waals surface area contributed by atoms with Crippen LogP contribution >= 0.6 is 0 Å². The lowest BCUT2D eigenvalue weighted by Gasteiger charge is -2.35. The van der Waals surface area contributed by atoms with Gasteiger partial charge in [-0.1, -0.05) is 39.0 Å². The second kappa shape index (κ2) is 6.19. The zero-order chi connectivity index (χ0) is 12.1. The zero-order valence-electron chi connectivity index (χ0n) is 11.8. The van der Waals surface area contributed by atoms with Crippen molar-refractivity contribution in [2.45, 2.75) is 64.3 Å². The summed E-state index contributed by atoms with van der Waals surface area (Å²) < 4.78 is 0. The van der Waals surface area contributed by atoms with Crippen LogP contribution in [-0.4, -0.2) is 37.6 Å². The quantitative estimate of drug-likeness (QED) is 0.813. The fraction of sp³-hybridized carbons (Fsp3) is 1.00. The second-order valence-corrected chi connectivity index (χ2v) is 6.65.